The van der Waals surface area contributed by atoms with Crippen molar-refractivity contribution in [3.05, 3.63) is 29.8 Å². The lowest BCUT2D eigenvalue weighted by Crippen LogP contribution is -2.58. The molecule has 3 fully saturated rings. The summed E-state index contributed by atoms with van der Waals surface area (Å²) in [6.45, 7) is 1.80. The Morgan fingerprint density at radius 1 is 1.07 bits per heavy atom. The molecule has 3 unspecified atom stereocenters. The van der Waals surface area contributed by atoms with Gasteiger partial charge < -0.3 is 10.2 Å². The number of nitrogens with zero attached hydrogens (tertiary/aromatic N) is 2. The van der Waals surface area contributed by atoms with Crippen LogP contribution in [-0.4, -0.2) is 74.2 Å². The van der Waals surface area contributed by atoms with Crippen molar-refractivity contribution in [2.45, 2.75) is 23.2 Å². The van der Waals surface area contributed by atoms with Gasteiger partial charge in [-0.1, -0.05) is 12.1 Å². The van der Waals surface area contributed by atoms with E-state index in [4.69, 9.17) is 0 Å². The Kier molecular flexibility index (Phi) is 5.22. The highest BCUT2D eigenvalue weighted by Gasteiger charge is 2.45. The summed E-state index contributed by atoms with van der Waals surface area (Å²) in [5.74, 6) is -4.40. The molecule has 2 N–H and O–H groups in total. The first-order chi connectivity index (χ1) is 14.2. The summed E-state index contributed by atoms with van der Waals surface area (Å²) < 4.78 is 49.9. The predicted molar refractivity (Wildman–Crippen MR) is 99.2 cm³/mol. The molecule has 0 spiro atoms. The third-order valence-electron chi connectivity index (χ3n) is 5.83. The second kappa shape index (κ2) is 7.58. The summed E-state index contributed by atoms with van der Waals surface area (Å²) in [7, 11) is -4.90. The number of hydrogen-bond donors (Lipinski definition) is 2. The SMILES string of the molecule is O=C1CC(N2CC3CN(C(=O)c4ccccc4S(=O)(=O)C(F)F)CC3C2)NC(=O)N1. The first-order valence-electron chi connectivity index (χ1n) is 9.41. The lowest BCUT2D eigenvalue weighted by Gasteiger charge is -2.32. The van der Waals surface area contributed by atoms with Crippen LogP contribution in [-0.2, 0) is 14.6 Å². The van der Waals surface area contributed by atoms with Crippen LogP contribution < -0.4 is 10.6 Å². The van der Waals surface area contributed by atoms with Crippen LogP contribution in [0.5, 0.6) is 0 Å². The van der Waals surface area contributed by atoms with Crippen molar-refractivity contribution in [3.63, 3.8) is 0 Å². The fraction of sp³-hybridized carbons (Fsp3) is 0.500. The Hall–Kier alpha value is -2.60. The van der Waals surface area contributed by atoms with Crippen LogP contribution in [0.2, 0.25) is 0 Å². The maximum Gasteiger partial charge on any atom is 0.341 e. The van der Waals surface area contributed by atoms with Crippen LogP contribution in [0.15, 0.2) is 29.2 Å². The number of amides is 4. The lowest BCUT2D eigenvalue weighted by atomic mass is 10.0. The van der Waals surface area contributed by atoms with Crippen LogP contribution in [0.25, 0.3) is 0 Å². The number of urea groups is 1. The number of halogens is 2. The zero-order valence-electron chi connectivity index (χ0n) is 15.8. The average molecular weight is 442 g/mol. The van der Waals surface area contributed by atoms with E-state index in [1.54, 1.807) is 0 Å². The van der Waals surface area contributed by atoms with Gasteiger partial charge in [0.1, 0.15) is 0 Å². The molecule has 3 atom stereocenters. The third kappa shape index (κ3) is 3.65. The number of fused-ring (bicyclic) bond motifs is 1. The minimum atomic E-state index is -4.90. The molecule has 4 rings (SSSR count). The van der Waals surface area contributed by atoms with E-state index in [-0.39, 0.29) is 29.7 Å². The Labute approximate surface area is 171 Å². The minimum absolute atomic E-state index is 0.0784. The molecule has 3 aliphatic heterocycles. The molecule has 9 nitrogen and oxygen atoms in total. The standard InChI is InChI=1S/C18H20F2N4O5S/c19-17(20)30(28,29)13-4-2-1-3-12(13)16(26)24-8-10-6-23(7-11(10)9-24)14-5-15(25)22-18(27)21-14/h1-4,10-11,14,17H,5-9H2,(H2,21,22,25,27). The summed E-state index contributed by atoms with van der Waals surface area (Å²) in [5.41, 5.74) is -0.258. The molecule has 3 saturated heterocycles. The third-order valence-corrected chi connectivity index (χ3v) is 7.27. The van der Waals surface area contributed by atoms with Gasteiger partial charge in [0.25, 0.3) is 5.91 Å². The smallest absolute Gasteiger partial charge is 0.338 e. The molecule has 4 amide bonds. The van der Waals surface area contributed by atoms with Gasteiger partial charge >= 0.3 is 11.8 Å². The van der Waals surface area contributed by atoms with Gasteiger partial charge in [-0.25, -0.2) is 13.2 Å². The first kappa shape index (κ1) is 20.7. The molecule has 0 aliphatic carbocycles. The number of hydrogen-bond acceptors (Lipinski definition) is 6. The fourth-order valence-corrected chi connectivity index (χ4v) is 5.34. The Bertz CT molecular complexity index is 972. The van der Waals surface area contributed by atoms with Gasteiger partial charge in [0.05, 0.1) is 23.0 Å². The van der Waals surface area contributed by atoms with Crippen LogP contribution in [0, 0.1) is 11.8 Å². The van der Waals surface area contributed by atoms with Gasteiger partial charge in [0.15, 0.2) is 0 Å². The van der Waals surface area contributed by atoms with Crippen LogP contribution in [0.3, 0.4) is 0 Å². The molecular formula is C18H20F2N4O5S. The first-order valence-corrected chi connectivity index (χ1v) is 11.0. The maximum absolute atomic E-state index is 13.0. The summed E-state index contributed by atoms with van der Waals surface area (Å²) in [5, 5.41) is 4.89. The Morgan fingerprint density at radius 2 is 1.70 bits per heavy atom. The molecule has 3 heterocycles. The molecule has 3 aliphatic rings. The van der Waals surface area contributed by atoms with Gasteiger partial charge in [0, 0.05) is 26.2 Å². The van der Waals surface area contributed by atoms with Crippen molar-refractivity contribution in [2.24, 2.45) is 11.8 Å². The van der Waals surface area contributed by atoms with Gasteiger partial charge in [-0.15, -0.1) is 0 Å². The molecule has 162 valence electrons. The van der Waals surface area contributed by atoms with Gasteiger partial charge in [-0.3, -0.25) is 19.8 Å². The van der Waals surface area contributed by atoms with Crippen LogP contribution >= 0.6 is 0 Å². The van der Waals surface area contributed by atoms with Crippen molar-refractivity contribution < 1.29 is 31.6 Å². The maximum atomic E-state index is 13.0. The molecule has 30 heavy (non-hydrogen) atoms. The van der Waals surface area contributed by atoms with Gasteiger partial charge in [-0.2, -0.15) is 8.78 Å². The Balaban J connectivity index is 1.46. The highest BCUT2D eigenvalue weighted by atomic mass is 32.2. The number of alkyl halides is 2. The molecule has 12 heteroatoms. The Morgan fingerprint density at radius 3 is 2.30 bits per heavy atom. The second-order valence-electron chi connectivity index (χ2n) is 7.73. The number of sulfone groups is 1. The number of nitrogens with one attached hydrogen (secondary N) is 2. The molecule has 0 aromatic heterocycles. The minimum Gasteiger partial charge on any atom is -0.338 e. The van der Waals surface area contributed by atoms with Crippen LogP contribution in [0.1, 0.15) is 16.8 Å². The molecular weight excluding hydrogens is 422 g/mol. The topological polar surface area (TPSA) is 116 Å². The largest absolute Gasteiger partial charge is 0.341 e. The second-order valence-corrected chi connectivity index (χ2v) is 9.61. The van der Waals surface area contributed by atoms with E-state index in [2.05, 4.69) is 10.6 Å². The zero-order chi connectivity index (χ0) is 21.6. The number of likely N-dealkylation sites (tertiary alicyclic amines) is 2. The number of rotatable bonds is 4. The highest BCUT2D eigenvalue weighted by molar-refractivity contribution is 7.91. The molecule has 1 aromatic rings. The normalized spacial score (nSPS) is 27.2. The number of carbonyl (C=O) groups is 3. The average Bonchev–Trinajstić information content (AvgIpc) is 3.26. The summed E-state index contributed by atoms with van der Waals surface area (Å²) in [6.07, 6.45) is -0.259. The lowest BCUT2D eigenvalue weighted by molar-refractivity contribution is -0.122. The van der Waals surface area contributed by atoms with Crippen molar-refractivity contribution in [2.75, 3.05) is 26.2 Å². The van der Waals surface area contributed by atoms with Crippen molar-refractivity contribution in [1.82, 2.24) is 20.4 Å². The van der Waals surface area contributed by atoms with E-state index in [1.165, 1.54) is 23.1 Å². The summed E-state index contributed by atoms with van der Waals surface area (Å²) >= 11 is 0. The quantitative estimate of drug-likeness (QED) is 0.690. The van der Waals surface area contributed by atoms with E-state index < -0.39 is 38.6 Å². The van der Waals surface area contributed by atoms with E-state index in [1.807, 2.05) is 4.90 Å². The van der Waals surface area contributed by atoms with E-state index in [9.17, 15) is 31.6 Å². The molecule has 0 radical (unpaired) electrons. The summed E-state index contributed by atoms with van der Waals surface area (Å²) in [6, 6.07) is 4.46. The van der Waals surface area contributed by atoms with Crippen molar-refractivity contribution in [3.8, 4) is 0 Å². The van der Waals surface area contributed by atoms with E-state index in [0.717, 1.165) is 6.07 Å². The van der Waals surface area contributed by atoms with Gasteiger partial charge in [-0.05, 0) is 24.0 Å². The van der Waals surface area contributed by atoms with Crippen molar-refractivity contribution in [1.29, 1.82) is 0 Å². The predicted octanol–water partition coefficient (Wildman–Crippen LogP) is 0.242. The van der Waals surface area contributed by atoms with Gasteiger partial charge in [0.2, 0.25) is 15.7 Å². The number of carbonyl (C=O) groups excluding carboxylic acids is 3. The van der Waals surface area contributed by atoms with E-state index >= 15 is 0 Å². The fourth-order valence-electron chi connectivity index (χ4n) is 4.42. The van der Waals surface area contributed by atoms with Crippen LogP contribution in [0.4, 0.5) is 13.6 Å². The van der Waals surface area contributed by atoms with Crippen molar-refractivity contribution >= 4 is 27.7 Å². The molecule has 0 saturated carbocycles. The summed E-state index contributed by atoms with van der Waals surface area (Å²) in [4.78, 5) is 38.9. The number of imide groups is 1. The molecule has 1 aromatic carbocycles. The van der Waals surface area contributed by atoms with E-state index in [0.29, 0.717) is 26.2 Å². The monoisotopic (exact) mass is 442 g/mol. The molecule has 0 bridgehead atoms. The number of benzene rings is 1. The highest BCUT2D eigenvalue weighted by Crippen LogP contribution is 2.34. The zero-order valence-corrected chi connectivity index (χ0v) is 16.6.